The first-order chi connectivity index (χ1) is 10.8. The van der Waals surface area contributed by atoms with Gasteiger partial charge in [-0.3, -0.25) is 0 Å². The Hall–Kier alpha value is -1.48. The zero-order chi connectivity index (χ0) is 14.9. The lowest BCUT2D eigenvalue weighted by molar-refractivity contribution is 0.687. The van der Waals surface area contributed by atoms with Gasteiger partial charge in [-0.15, -0.1) is 12.4 Å². The quantitative estimate of drug-likeness (QED) is 0.686. The molecule has 3 aromatic rings. The maximum absolute atomic E-state index is 6.32. The zero-order valence-electron chi connectivity index (χ0n) is 12.8. The second kappa shape index (κ2) is 6.96. The molecular formula is C19H20Cl2N2. The smallest absolute Gasteiger partial charge is 0.0491 e. The summed E-state index contributed by atoms with van der Waals surface area (Å²) in [4.78, 5) is 0. The van der Waals surface area contributed by atoms with Crippen LogP contribution in [0.25, 0.3) is 10.9 Å². The molecule has 4 heteroatoms. The standard InChI is InChI=1S/C19H19ClN2.ClH/c20-18-7-3-1-5-14(18)12-22-13-15(11-21-16-9-10-16)17-6-2-4-8-19(17)22;/h1-8,13,16,21H,9-12H2;1H. The second-order valence-electron chi connectivity index (χ2n) is 6.05. The molecule has 1 fully saturated rings. The van der Waals surface area contributed by atoms with E-state index >= 15 is 0 Å². The average molecular weight is 347 g/mol. The Bertz CT molecular complexity index is 806. The van der Waals surface area contributed by atoms with Crippen LogP contribution in [0.3, 0.4) is 0 Å². The first kappa shape index (κ1) is 16.4. The Kier molecular flexibility index (Phi) is 4.96. The number of fused-ring (bicyclic) bond motifs is 1. The van der Waals surface area contributed by atoms with Crippen LogP contribution in [0.15, 0.2) is 54.7 Å². The van der Waals surface area contributed by atoms with Crippen LogP contribution in [0.5, 0.6) is 0 Å². The van der Waals surface area contributed by atoms with E-state index in [4.69, 9.17) is 11.6 Å². The summed E-state index contributed by atoms with van der Waals surface area (Å²) in [6, 6.07) is 17.4. The van der Waals surface area contributed by atoms with Crippen LogP contribution in [0.1, 0.15) is 24.0 Å². The van der Waals surface area contributed by atoms with Gasteiger partial charge in [0.1, 0.15) is 0 Å². The molecule has 23 heavy (non-hydrogen) atoms. The van der Waals surface area contributed by atoms with Crippen LogP contribution in [0, 0.1) is 0 Å². The molecule has 0 radical (unpaired) electrons. The number of para-hydroxylation sites is 1. The number of rotatable bonds is 5. The largest absolute Gasteiger partial charge is 0.343 e. The van der Waals surface area contributed by atoms with Crippen molar-refractivity contribution in [1.29, 1.82) is 0 Å². The van der Waals surface area contributed by atoms with E-state index in [0.29, 0.717) is 0 Å². The highest BCUT2D eigenvalue weighted by Crippen LogP contribution is 2.26. The number of benzene rings is 2. The average Bonchev–Trinajstić information content (AvgIpc) is 3.31. The fourth-order valence-corrected chi connectivity index (χ4v) is 3.14. The molecule has 0 bridgehead atoms. The lowest BCUT2D eigenvalue weighted by atomic mass is 10.2. The third-order valence-electron chi connectivity index (χ3n) is 4.33. The number of hydrogen-bond donors (Lipinski definition) is 1. The van der Waals surface area contributed by atoms with Crippen molar-refractivity contribution in [2.45, 2.75) is 32.0 Å². The third kappa shape index (κ3) is 3.55. The summed E-state index contributed by atoms with van der Waals surface area (Å²) >= 11 is 6.32. The molecule has 120 valence electrons. The number of halogens is 2. The summed E-state index contributed by atoms with van der Waals surface area (Å²) in [5.74, 6) is 0. The van der Waals surface area contributed by atoms with E-state index in [1.54, 1.807) is 0 Å². The molecule has 1 saturated carbocycles. The molecule has 1 N–H and O–H groups in total. The third-order valence-corrected chi connectivity index (χ3v) is 4.70. The highest BCUT2D eigenvalue weighted by Gasteiger charge is 2.20. The maximum atomic E-state index is 6.32. The van der Waals surface area contributed by atoms with Crippen LogP contribution in [-0.2, 0) is 13.1 Å². The first-order valence-corrected chi connectivity index (χ1v) is 8.22. The summed E-state index contributed by atoms with van der Waals surface area (Å²) in [6.45, 7) is 1.75. The van der Waals surface area contributed by atoms with Crippen molar-refractivity contribution in [2.24, 2.45) is 0 Å². The minimum Gasteiger partial charge on any atom is -0.343 e. The van der Waals surface area contributed by atoms with Gasteiger partial charge in [-0.05, 0) is 36.1 Å². The van der Waals surface area contributed by atoms with Crippen molar-refractivity contribution in [1.82, 2.24) is 9.88 Å². The predicted molar refractivity (Wildman–Crippen MR) is 99.6 cm³/mol. The molecule has 2 aromatic carbocycles. The SMILES string of the molecule is Cl.Clc1ccccc1Cn1cc(CNC2CC2)c2ccccc21. The monoisotopic (exact) mass is 346 g/mol. The summed E-state index contributed by atoms with van der Waals surface area (Å²) in [5.41, 5.74) is 3.80. The van der Waals surface area contributed by atoms with Gasteiger partial charge in [0.15, 0.2) is 0 Å². The summed E-state index contributed by atoms with van der Waals surface area (Å²) in [7, 11) is 0. The maximum Gasteiger partial charge on any atom is 0.0491 e. The van der Waals surface area contributed by atoms with E-state index in [1.165, 1.54) is 29.3 Å². The Morgan fingerprint density at radius 1 is 1.00 bits per heavy atom. The molecule has 1 aromatic heterocycles. The van der Waals surface area contributed by atoms with Crippen LogP contribution in [-0.4, -0.2) is 10.6 Å². The molecule has 2 nitrogen and oxygen atoms in total. The molecule has 1 aliphatic rings. The van der Waals surface area contributed by atoms with Gasteiger partial charge >= 0.3 is 0 Å². The fourth-order valence-electron chi connectivity index (χ4n) is 2.95. The fraction of sp³-hybridized carbons (Fsp3) is 0.263. The minimum atomic E-state index is 0. The van der Waals surface area contributed by atoms with Crippen LogP contribution < -0.4 is 5.32 Å². The Balaban J connectivity index is 0.00000156. The number of nitrogens with zero attached hydrogens (tertiary/aromatic N) is 1. The van der Waals surface area contributed by atoms with Gasteiger partial charge in [-0.1, -0.05) is 48.0 Å². The van der Waals surface area contributed by atoms with E-state index in [9.17, 15) is 0 Å². The molecule has 0 amide bonds. The summed E-state index contributed by atoms with van der Waals surface area (Å²) in [6.07, 6.45) is 4.90. The van der Waals surface area contributed by atoms with E-state index in [2.05, 4.69) is 46.4 Å². The lowest BCUT2D eigenvalue weighted by Crippen LogP contribution is -2.14. The highest BCUT2D eigenvalue weighted by atomic mass is 35.5. The number of aromatic nitrogens is 1. The van der Waals surface area contributed by atoms with Gasteiger partial charge in [-0.2, -0.15) is 0 Å². The van der Waals surface area contributed by atoms with Crippen molar-refractivity contribution in [3.8, 4) is 0 Å². The van der Waals surface area contributed by atoms with E-state index in [1.807, 2.05) is 18.2 Å². The van der Waals surface area contributed by atoms with E-state index < -0.39 is 0 Å². The zero-order valence-corrected chi connectivity index (χ0v) is 14.4. The van der Waals surface area contributed by atoms with Gasteiger partial charge in [0, 0.05) is 41.3 Å². The Morgan fingerprint density at radius 3 is 2.52 bits per heavy atom. The van der Waals surface area contributed by atoms with Gasteiger partial charge in [0.2, 0.25) is 0 Å². The van der Waals surface area contributed by atoms with Gasteiger partial charge in [0.25, 0.3) is 0 Å². The van der Waals surface area contributed by atoms with Crippen LogP contribution in [0.2, 0.25) is 5.02 Å². The van der Waals surface area contributed by atoms with Gasteiger partial charge < -0.3 is 9.88 Å². The van der Waals surface area contributed by atoms with Gasteiger partial charge in [0.05, 0.1) is 0 Å². The minimum absolute atomic E-state index is 0. The van der Waals surface area contributed by atoms with Crippen molar-refractivity contribution in [3.05, 3.63) is 70.9 Å². The second-order valence-corrected chi connectivity index (χ2v) is 6.45. The molecule has 0 aliphatic heterocycles. The van der Waals surface area contributed by atoms with Crippen molar-refractivity contribution in [3.63, 3.8) is 0 Å². The molecule has 0 spiro atoms. The number of hydrogen-bond acceptors (Lipinski definition) is 1. The molecule has 1 heterocycles. The summed E-state index contributed by atoms with van der Waals surface area (Å²) in [5, 5.41) is 5.78. The summed E-state index contributed by atoms with van der Waals surface area (Å²) < 4.78 is 2.31. The van der Waals surface area contributed by atoms with Crippen molar-refractivity contribution >= 4 is 34.9 Å². The molecule has 1 aliphatic carbocycles. The predicted octanol–water partition coefficient (Wildman–Crippen LogP) is 5.02. The van der Waals surface area contributed by atoms with E-state index in [0.717, 1.165) is 29.7 Å². The molecule has 0 unspecified atom stereocenters. The molecule has 4 rings (SSSR count). The first-order valence-electron chi connectivity index (χ1n) is 7.85. The molecule has 0 saturated heterocycles. The Morgan fingerprint density at radius 2 is 1.74 bits per heavy atom. The number of nitrogens with one attached hydrogen (secondary N) is 1. The lowest BCUT2D eigenvalue weighted by Gasteiger charge is -2.07. The normalized spacial score (nSPS) is 14.0. The molecular weight excluding hydrogens is 327 g/mol. The Labute approximate surface area is 147 Å². The van der Waals surface area contributed by atoms with Crippen molar-refractivity contribution < 1.29 is 0 Å². The topological polar surface area (TPSA) is 17.0 Å². The van der Waals surface area contributed by atoms with Crippen molar-refractivity contribution in [2.75, 3.05) is 0 Å². The van der Waals surface area contributed by atoms with Gasteiger partial charge in [-0.25, -0.2) is 0 Å². The van der Waals surface area contributed by atoms with E-state index in [-0.39, 0.29) is 12.4 Å². The van der Waals surface area contributed by atoms with Crippen LogP contribution >= 0.6 is 24.0 Å². The highest BCUT2D eigenvalue weighted by molar-refractivity contribution is 6.31. The molecule has 0 atom stereocenters. The van der Waals surface area contributed by atoms with Crippen LogP contribution in [0.4, 0.5) is 0 Å².